The molecule has 9 aromatic carbocycles. The van der Waals surface area contributed by atoms with E-state index in [1.807, 2.05) is 12.1 Å². The van der Waals surface area contributed by atoms with Crippen LogP contribution in [0.5, 0.6) is 0 Å². The van der Waals surface area contributed by atoms with Crippen molar-refractivity contribution in [3.8, 4) is 33.4 Å². The van der Waals surface area contributed by atoms with Gasteiger partial charge in [-0.15, -0.1) is 0 Å². The van der Waals surface area contributed by atoms with E-state index in [-0.39, 0.29) is 0 Å². The molecule has 10 aromatic rings. The van der Waals surface area contributed by atoms with Crippen molar-refractivity contribution in [2.75, 3.05) is 4.90 Å². The van der Waals surface area contributed by atoms with E-state index in [2.05, 4.69) is 207 Å². The average molecular weight is 758 g/mol. The lowest BCUT2D eigenvalue weighted by Crippen LogP contribution is -2.50. The van der Waals surface area contributed by atoms with E-state index >= 15 is 0 Å². The summed E-state index contributed by atoms with van der Waals surface area (Å²) in [6.45, 7) is 0. The van der Waals surface area contributed by atoms with Gasteiger partial charge in [0.15, 0.2) is 0 Å². The first kappa shape index (κ1) is 37.9. The van der Waals surface area contributed by atoms with Crippen LogP contribution in [0.4, 0.5) is 17.1 Å². The van der Waals surface area contributed by atoms with E-state index in [0.29, 0.717) is 0 Å². The Labute approximate surface area is 359 Å². The molecule has 10 heteroatoms. The van der Waals surface area contributed by atoms with Gasteiger partial charge in [-0.05, 0) is 85.3 Å². The molecule has 10 rings (SSSR count). The molecule has 0 radical (unpaired) electrons. The van der Waals surface area contributed by atoms with E-state index in [4.69, 9.17) is 4.42 Å². The Morgan fingerprint density at radius 1 is 0.333 bits per heavy atom. The molecular weight excluding hydrogens is 717 g/mol. The molecule has 2 nitrogen and oxygen atoms in total. The van der Waals surface area contributed by atoms with Crippen LogP contribution in [-0.4, -0.2) is 62.8 Å². The smallest absolute Gasteiger partial charge is 0.141 e. The molecule has 0 amide bonds. The zero-order chi connectivity index (χ0) is 41.4. The highest BCUT2D eigenvalue weighted by Crippen LogP contribution is 2.36. The zero-order valence-corrected chi connectivity index (χ0v) is 35.8. The van der Waals surface area contributed by atoms with Gasteiger partial charge in [0.1, 0.15) is 73.9 Å². The van der Waals surface area contributed by atoms with Crippen molar-refractivity contribution >= 4 is 167 Å². The van der Waals surface area contributed by atoms with Crippen molar-refractivity contribution in [2.24, 2.45) is 0 Å². The molecule has 0 aliphatic heterocycles. The fourth-order valence-corrected chi connectivity index (χ4v) is 10.0. The summed E-state index contributed by atoms with van der Waals surface area (Å²) in [7, 11) is 18.6. The lowest BCUT2D eigenvalue weighted by molar-refractivity contribution is 0.669. The number of hydrogen-bond donors (Lipinski definition) is 0. The molecule has 1 aromatic heterocycles. The second-order valence-electron chi connectivity index (χ2n) is 16.7. The van der Waals surface area contributed by atoms with E-state index in [0.717, 1.165) is 27.6 Å². The molecular formula is C50H41B8NO. The van der Waals surface area contributed by atoms with Crippen LogP contribution in [-0.2, 0) is 0 Å². The summed E-state index contributed by atoms with van der Waals surface area (Å²) in [5.74, 6) is 0. The van der Waals surface area contributed by atoms with Gasteiger partial charge in [-0.2, -0.15) is 0 Å². The van der Waals surface area contributed by atoms with Crippen LogP contribution in [0.3, 0.4) is 0 Å². The number of para-hydroxylation sites is 1. The van der Waals surface area contributed by atoms with Crippen LogP contribution in [0.15, 0.2) is 156 Å². The first-order chi connectivity index (χ1) is 29.1. The summed E-state index contributed by atoms with van der Waals surface area (Å²) in [4.78, 5) is 2.58. The Bertz CT molecular complexity index is 3160. The molecule has 276 valence electrons. The summed E-state index contributed by atoms with van der Waals surface area (Å²) >= 11 is 0. The maximum absolute atomic E-state index is 6.18. The van der Waals surface area contributed by atoms with E-state index < -0.39 is 0 Å². The Morgan fingerprint density at radius 2 is 0.750 bits per heavy atom. The van der Waals surface area contributed by atoms with Gasteiger partial charge in [-0.25, -0.2) is 0 Å². The average Bonchev–Trinajstić information content (AvgIpc) is 3.66. The summed E-state index contributed by atoms with van der Waals surface area (Å²) in [6, 6.07) is 55.0. The molecule has 0 atom stereocenters. The van der Waals surface area contributed by atoms with Gasteiger partial charge in [0.25, 0.3) is 0 Å². The molecule has 1 heterocycles. The van der Waals surface area contributed by atoms with Crippen molar-refractivity contribution in [3.63, 3.8) is 0 Å². The topological polar surface area (TPSA) is 16.4 Å². The van der Waals surface area contributed by atoms with Crippen LogP contribution < -0.4 is 48.6 Å². The van der Waals surface area contributed by atoms with Crippen molar-refractivity contribution in [3.05, 3.63) is 152 Å². The monoisotopic (exact) mass is 759 g/mol. The number of hydrogen-bond acceptors (Lipinski definition) is 2. The van der Waals surface area contributed by atoms with Gasteiger partial charge in [-0.3, -0.25) is 0 Å². The molecule has 0 saturated carbocycles. The maximum Gasteiger partial charge on any atom is 0.141 e. The molecule has 0 fully saturated rings. The minimum Gasteiger partial charge on any atom is -0.456 e. The molecule has 0 unspecified atom stereocenters. The molecule has 0 aliphatic rings. The highest BCUT2D eigenvalue weighted by molar-refractivity contribution is 6.65. The third kappa shape index (κ3) is 5.91. The highest BCUT2D eigenvalue weighted by Gasteiger charge is 2.27. The molecule has 0 N–H and O–H groups in total. The van der Waals surface area contributed by atoms with Gasteiger partial charge in [0, 0.05) is 27.8 Å². The Hall–Kier alpha value is -6.38. The van der Waals surface area contributed by atoms with Gasteiger partial charge in [-0.1, -0.05) is 165 Å². The lowest BCUT2D eigenvalue weighted by Gasteiger charge is -2.36. The van der Waals surface area contributed by atoms with Crippen molar-refractivity contribution in [1.82, 2.24) is 0 Å². The Balaban J connectivity index is 1.20. The molecule has 0 aliphatic carbocycles. The predicted octanol–water partition coefficient (Wildman–Crippen LogP) is 0.430. The lowest BCUT2D eigenvalue weighted by atomic mass is 9.62. The molecule has 0 spiro atoms. The minimum atomic E-state index is 0.912. The molecule has 60 heavy (non-hydrogen) atoms. The number of nitrogens with zero attached hydrogens (tertiary/aromatic N) is 1. The first-order valence-electron chi connectivity index (χ1n) is 21.1. The number of anilines is 3. The predicted molar refractivity (Wildman–Crippen MR) is 285 cm³/mol. The minimum absolute atomic E-state index is 0.912. The van der Waals surface area contributed by atoms with Gasteiger partial charge < -0.3 is 9.32 Å². The van der Waals surface area contributed by atoms with Gasteiger partial charge in [0.05, 0.1) is 0 Å². The first-order valence-corrected chi connectivity index (χ1v) is 21.1. The van der Waals surface area contributed by atoms with Crippen LogP contribution in [0.1, 0.15) is 0 Å². The number of benzene rings is 9. The molecule has 0 bridgehead atoms. The Kier molecular flexibility index (Phi) is 9.28. The number of fused-ring (bicyclic) bond motifs is 5. The highest BCUT2D eigenvalue weighted by atomic mass is 16.3. The third-order valence-electron chi connectivity index (χ3n) is 13.6. The van der Waals surface area contributed by atoms with Gasteiger partial charge >= 0.3 is 0 Å². The summed E-state index contributed by atoms with van der Waals surface area (Å²) in [6.07, 6.45) is 0. The fraction of sp³-hybridized carbons (Fsp3) is 0. The summed E-state index contributed by atoms with van der Waals surface area (Å²) in [5.41, 5.74) is 23.4. The van der Waals surface area contributed by atoms with Crippen LogP contribution in [0.2, 0.25) is 0 Å². The summed E-state index contributed by atoms with van der Waals surface area (Å²) in [5, 5.41) is 7.38. The SMILES string of the molecule is Bc1c(B)c(N(c2ccc(-c3ccc4oc5ccccc5c4c3)cc2)c2c(B)c(B)c(-c3cccc4ccccc34)c(B)c2B)c(B)c(B)c1-c1cccc2ccccc12. The largest absolute Gasteiger partial charge is 0.456 e. The third-order valence-corrected chi connectivity index (χ3v) is 13.6. The Morgan fingerprint density at radius 3 is 1.27 bits per heavy atom. The standard InChI is InChI=1S/C50H41B8NO/c51-41-39(34-16-7-11-27-9-1-3-13-31(27)34)42(52)46(56)49(45(41)55)59(30-22-19-26(20-23-30)29-21-24-38-36(25-29)33-15-5-6-18-37(33)60-38)50-47(57)43(53)40(44(54)48(50)58)35-17-8-12-28-10-2-4-14-32(28)35/h1-25H,51-58H2. The van der Waals surface area contributed by atoms with Crippen LogP contribution >= 0.6 is 0 Å². The second kappa shape index (κ2) is 14.7. The normalized spacial score (nSPS) is 11.5. The van der Waals surface area contributed by atoms with Crippen LogP contribution in [0.25, 0.3) is 76.9 Å². The van der Waals surface area contributed by atoms with E-state index in [1.165, 1.54) is 110 Å². The van der Waals surface area contributed by atoms with Crippen molar-refractivity contribution in [2.45, 2.75) is 0 Å². The zero-order valence-electron chi connectivity index (χ0n) is 35.8. The summed E-state index contributed by atoms with van der Waals surface area (Å²) < 4.78 is 6.18. The fourth-order valence-electron chi connectivity index (χ4n) is 10.0. The second-order valence-corrected chi connectivity index (χ2v) is 16.7. The van der Waals surface area contributed by atoms with E-state index in [1.54, 1.807) is 0 Å². The van der Waals surface area contributed by atoms with Crippen LogP contribution in [0, 0.1) is 0 Å². The van der Waals surface area contributed by atoms with Crippen molar-refractivity contribution in [1.29, 1.82) is 0 Å². The van der Waals surface area contributed by atoms with E-state index in [9.17, 15) is 0 Å². The number of rotatable bonds is 6. The maximum atomic E-state index is 6.18. The van der Waals surface area contributed by atoms with Gasteiger partial charge in [0.2, 0.25) is 0 Å². The van der Waals surface area contributed by atoms with Crippen molar-refractivity contribution < 1.29 is 4.42 Å². The number of furan rings is 1. The molecule has 0 saturated heterocycles. The quantitative estimate of drug-likeness (QED) is 0.229.